The van der Waals surface area contributed by atoms with Gasteiger partial charge in [-0.2, -0.15) is 0 Å². The van der Waals surface area contributed by atoms with Crippen LogP contribution in [0.25, 0.3) is 21.5 Å². The summed E-state index contributed by atoms with van der Waals surface area (Å²) >= 11 is 0. The molecule has 42 heavy (non-hydrogen) atoms. The number of fused-ring (bicyclic) bond motifs is 3. The molecule has 0 amide bonds. The molecular formula is C35H34O7. The van der Waals surface area contributed by atoms with Gasteiger partial charge in [0.2, 0.25) is 0 Å². The lowest BCUT2D eigenvalue weighted by Crippen LogP contribution is -2.08. The minimum absolute atomic E-state index is 0.176. The third-order valence-electron chi connectivity index (χ3n) is 6.45. The van der Waals surface area contributed by atoms with E-state index in [-0.39, 0.29) is 12.6 Å². The van der Waals surface area contributed by atoms with Crippen LogP contribution in [0.2, 0.25) is 0 Å². The Hall–Kier alpha value is -5.04. The maximum Gasteiger partial charge on any atom is 0.343 e. The minimum atomic E-state index is -0.459. The summed E-state index contributed by atoms with van der Waals surface area (Å²) in [5.41, 5.74) is 0.406. The predicted molar refractivity (Wildman–Crippen MR) is 164 cm³/mol. The van der Waals surface area contributed by atoms with Gasteiger partial charge < -0.3 is 23.7 Å². The van der Waals surface area contributed by atoms with Crippen LogP contribution < -0.4 is 14.2 Å². The number of esters is 2. The molecule has 0 unspecified atom stereocenters. The highest BCUT2D eigenvalue weighted by Crippen LogP contribution is 2.31. The molecule has 0 aliphatic carbocycles. The normalized spacial score (nSPS) is 10.6. The quantitative estimate of drug-likeness (QED) is 0.0340. The number of ether oxygens (including phenoxy) is 5. The molecule has 216 valence electrons. The Bertz CT molecular complexity index is 1570. The van der Waals surface area contributed by atoms with Crippen molar-refractivity contribution in [1.82, 2.24) is 0 Å². The van der Waals surface area contributed by atoms with Crippen molar-refractivity contribution in [2.24, 2.45) is 0 Å². The number of carbonyl (C=O) groups excluding carboxylic acids is 2. The largest absolute Gasteiger partial charge is 0.494 e. The van der Waals surface area contributed by atoms with Gasteiger partial charge >= 0.3 is 11.9 Å². The number of rotatable bonds is 16. The zero-order valence-electron chi connectivity index (χ0n) is 23.5. The SMILES string of the molecule is C=COC(=C)COc1ccc(C(=O)Oc2ccc3c(ccc4cc(OCCCCCCOC(=O)C=C)ccc43)c2)cc1. The predicted octanol–water partition coefficient (Wildman–Crippen LogP) is 7.93. The molecule has 4 aromatic carbocycles. The van der Waals surface area contributed by atoms with E-state index in [2.05, 4.69) is 25.8 Å². The molecule has 0 bridgehead atoms. The molecule has 0 fully saturated rings. The van der Waals surface area contributed by atoms with Crippen LogP contribution in [0.15, 0.2) is 111 Å². The molecule has 0 aliphatic rings. The summed E-state index contributed by atoms with van der Waals surface area (Å²) in [7, 11) is 0. The first kappa shape index (κ1) is 29.9. The van der Waals surface area contributed by atoms with Crippen LogP contribution in [-0.4, -0.2) is 31.8 Å². The van der Waals surface area contributed by atoms with E-state index in [1.54, 1.807) is 30.3 Å². The highest BCUT2D eigenvalue weighted by molar-refractivity contribution is 6.08. The maximum absolute atomic E-state index is 12.7. The third-order valence-corrected chi connectivity index (χ3v) is 6.45. The fourth-order valence-electron chi connectivity index (χ4n) is 4.33. The Morgan fingerprint density at radius 3 is 1.98 bits per heavy atom. The summed E-state index contributed by atoms with van der Waals surface area (Å²) < 4.78 is 27.2. The van der Waals surface area contributed by atoms with E-state index in [9.17, 15) is 9.59 Å². The molecule has 0 aromatic heterocycles. The molecule has 0 N–H and O–H groups in total. The smallest absolute Gasteiger partial charge is 0.343 e. The van der Waals surface area contributed by atoms with Crippen molar-refractivity contribution in [2.75, 3.05) is 19.8 Å². The van der Waals surface area contributed by atoms with Gasteiger partial charge in [-0.3, -0.25) is 0 Å². The maximum atomic E-state index is 12.7. The molecule has 0 aliphatic heterocycles. The van der Waals surface area contributed by atoms with Crippen molar-refractivity contribution < 1.29 is 33.3 Å². The fourth-order valence-corrected chi connectivity index (χ4v) is 4.33. The van der Waals surface area contributed by atoms with Crippen molar-refractivity contribution in [3.63, 3.8) is 0 Å². The summed E-state index contributed by atoms with van der Waals surface area (Å²) in [5.74, 6) is 1.44. The van der Waals surface area contributed by atoms with Gasteiger partial charge in [0.25, 0.3) is 0 Å². The van der Waals surface area contributed by atoms with Crippen LogP contribution in [0, 0.1) is 0 Å². The number of carbonyl (C=O) groups is 2. The lowest BCUT2D eigenvalue weighted by atomic mass is 10.0. The van der Waals surface area contributed by atoms with E-state index in [4.69, 9.17) is 23.7 Å². The van der Waals surface area contributed by atoms with Gasteiger partial charge in [-0.15, -0.1) is 0 Å². The molecule has 0 saturated carbocycles. The van der Waals surface area contributed by atoms with E-state index >= 15 is 0 Å². The van der Waals surface area contributed by atoms with Crippen LogP contribution in [0.1, 0.15) is 36.0 Å². The summed E-state index contributed by atoms with van der Waals surface area (Å²) in [6, 6.07) is 22.4. The Kier molecular flexibility index (Phi) is 10.8. The Morgan fingerprint density at radius 2 is 1.31 bits per heavy atom. The summed E-state index contributed by atoms with van der Waals surface area (Å²) in [5, 5.41) is 4.17. The van der Waals surface area contributed by atoms with Gasteiger partial charge in [-0.05, 0) is 95.8 Å². The van der Waals surface area contributed by atoms with Crippen LogP contribution in [-0.2, 0) is 14.3 Å². The van der Waals surface area contributed by atoms with Gasteiger partial charge in [-0.25, -0.2) is 9.59 Å². The lowest BCUT2D eigenvalue weighted by molar-refractivity contribution is -0.137. The van der Waals surface area contributed by atoms with Gasteiger partial charge in [0, 0.05) is 6.08 Å². The van der Waals surface area contributed by atoms with Crippen molar-refractivity contribution in [3.05, 3.63) is 116 Å². The molecule has 0 atom stereocenters. The number of hydrogen-bond donors (Lipinski definition) is 0. The molecule has 7 nitrogen and oxygen atoms in total. The van der Waals surface area contributed by atoms with E-state index in [1.165, 1.54) is 12.3 Å². The van der Waals surface area contributed by atoms with Crippen molar-refractivity contribution >= 4 is 33.5 Å². The van der Waals surface area contributed by atoms with Crippen molar-refractivity contribution in [2.45, 2.75) is 25.7 Å². The van der Waals surface area contributed by atoms with Crippen molar-refractivity contribution in [3.8, 4) is 17.2 Å². The zero-order chi connectivity index (χ0) is 29.7. The number of benzene rings is 4. The van der Waals surface area contributed by atoms with Crippen LogP contribution in [0.3, 0.4) is 0 Å². The number of unbranched alkanes of at least 4 members (excludes halogenated alkanes) is 3. The Labute approximate surface area is 245 Å². The highest BCUT2D eigenvalue weighted by atomic mass is 16.5. The second-order valence-electron chi connectivity index (χ2n) is 9.49. The summed E-state index contributed by atoms with van der Waals surface area (Å²) in [6.07, 6.45) is 6.19. The molecular weight excluding hydrogens is 532 g/mol. The molecule has 0 saturated heterocycles. The monoisotopic (exact) mass is 566 g/mol. The molecule has 4 rings (SSSR count). The average Bonchev–Trinajstić information content (AvgIpc) is 3.01. The molecule has 0 radical (unpaired) electrons. The standard InChI is InChI=1S/C35H34O7/c1-4-34(36)40-21-9-7-6-8-20-39-30-16-18-32-27(22-30)10-11-28-23-31(17-19-33(28)32)42-35(37)26-12-14-29(15-13-26)41-24-25(3)38-5-2/h4-5,10-19,22-23H,1-3,6-9,20-21,24H2. The van der Waals surface area contributed by atoms with E-state index < -0.39 is 5.97 Å². The first-order chi connectivity index (χ1) is 20.5. The van der Waals surface area contributed by atoms with Crippen molar-refractivity contribution in [1.29, 1.82) is 0 Å². The van der Waals surface area contributed by atoms with E-state index in [0.29, 0.717) is 36.0 Å². The third kappa shape index (κ3) is 8.48. The minimum Gasteiger partial charge on any atom is -0.494 e. The Morgan fingerprint density at radius 1 is 0.690 bits per heavy atom. The lowest BCUT2D eigenvalue weighted by Gasteiger charge is -2.11. The second kappa shape index (κ2) is 15.1. The zero-order valence-corrected chi connectivity index (χ0v) is 23.5. The van der Waals surface area contributed by atoms with Gasteiger partial charge in [0.15, 0.2) is 0 Å². The topological polar surface area (TPSA) is 80.3 Å². The number of hydrogen-bond acceptors (Lipinski definition) is 7. The highest BCUT2D eigenvalue weighted by Gasteiger charge is 2.11. The molecule has 0 spiro atoms. The fraction of sp³-hybridized carbons (Fsp3) is 0.200. The van der Waals surface area contributed by atoms with Crippen LogP contribution >= 0.6 is 0 Å². The first-order valence-electron chi connectivity index (χ1n) is 13.8. The Balaban J connectivity index is 1.30. The van der Waals surface area contributed by atoms with Crippen LogP contribution in [0.5, 0.6) is 17.2 Å². The van der Waals surface area contributed by atoms with E-state index in [0.717, 1.165) is 53.0 Å². The van der Waals surface area contributed by atoms with Gasteiger partial charge in [-0.1, -0.05) is 44.0 Å². The van der Waals surface area contributed by atoms with Crippen LogP contribution in [0.4, 0.5) is 0 Å². The first-order valence-corrected chi connectivity index (χ1v) is 13.8. The molecule has 4 aromatic rings. The van der Waals surface area contributed by atoms with Gasteiger partial charge in [0.05, 0.1) is 25.0 Å². The summed E-state index contributed by atoms with van der Waals surface area (Å²) in [4.78, 5) is 23.8. The molecule has 7 heteroatoms. The molecule has 0 heterocycles. The van der Waals surface area contributed by atoms with Gasteiger partial charge in [0.1, 0.15) is 29.6 Å². The van der Waals surface area contributed by atoms with E-state index in [1.807, 2.05) is 36.4 Å². The summed E-state index contributed by atoms with van der Waals surface area (Å²) in [6.45, 7) is 11.8. The average molecular weight is 567 g/mol. The second-order valence-corrected chi connectivity index (χ2v) is 9.49.